The fourth-order valence-corrected chi connectivity index (χ4v) is 2.65. The molecule has 0 spiro atoms. The molecule has 1 N–H and O–H groups in total. The van der Waals surface area contributed by atoms with Crippen LogP contribution in [0.1, 0.15) is 36.8 Å². The molecule has 1 unspecified atom stereocenters. The third kappa shape index (κ3) is 3.17. The molecule has 2 rings (SSSR count). The molecule has 0 radical (unpaired) electrons. The van der Waals surface area contributed by atoms with Crippen molar-refractivity contribution in [1.82, 2.24) is 15.1 Å². The highest BCUT2D eigenvalue weighted by Gasteiger charge is 2.19. The van der Waals surface area contributed by atoms with Gasteiger partial charge in [0.15, 0.2) is 0 Å². The van der Waals surface area contributed by atoms with Gasteiger partial charge in [-0.25, -0.2) is 0 Å². The van der Waals surface area contributed by atoms with Crippen LogP contribution in [-0.2, 0) is 6.54 Å². The molecule has 1 heterocycles. The summed E-state index contributed by atoms with van der Waals surface area (Å²) in [6.07, 6.45) is 0. The number of hydrogen-bond donors (Lipinski definition) is 1. The summed E-state index contributed by atoms with van der Waals surface area (Å²) in [5, 5.41) is 9.15. The summed E-state index contributed by atoms with van der Waals surface area (Å²) in [6.45, 7) is 7.89. The zero-order valence-corrected chi connectivity index (χ0v) is 13.5. The molecule has 0 saturated carbocycles. The second kappa shape index (κ2) is 6.61. The van der Waals surface area contributed by atoms with E-state index in [1.54, 1.807) is 0 Å². The second-order valence-electron chi connectivity index (χ2n) is 4.69. The first kappa shape index (κ1) is 15.4. The van der Waals surface area contributed by atoms with E-state index in [9.17, 15) is 0 Å². The van der Waals surface area contributed by atoms with E-state index in [0.29, 0.717) is 10.0 Å². The molecule has 2 aromatic rings. The molecule has 0 aliphatic carbocycles. The van der Waals surface area contributed by atoms with Crippen LogP contribution in [0.2, 0.25) is 10.0 Å². The molecule has 1 atom stereocenters. The fourth-order valence-electron chi connectivity index (χ4n) is 2.34. The van der Waals surface area contributed by atoms with E-state index >= 15 is 0 Å². The van der Waals surface area contributed by atoms with Gasteiger partial charge in [0.2, 0.25) is 0 Å². The normalized spacial score (nSPS) is 12.7. The number of nitrogens with one attached hydrogen (secondary N) is 1. The second-order valence-corrected chi connectivity index (χ2v) is 5.50. The number of hydrogen-bond acceptors (Lipinski definition) is 2. The SMILES string of the molecule is CCNC(c1ccc(Cl)c(Cl)c1)c1cc(C)nn1CC. The third-order valence-electron chi connectivity index (χ3n) is 3.21. The quantitative estimate of drug-likeness (QED) is 0.896. The monoisotopic (exact) mass is 311 g/mol. The van der Waals surface area contributed by atoms with Crippen LogP contribution in [0.25, 0.3) is 0 Å². The van der Waals surface area contributed by atoms with E-state index in [-0.39, 0.29) is 6.04 Å². The highest BCUT2D eigenvalue weighted by Crippen LogP contribution is 2.29. The van der Waals surface area contributed by atoms with Gasteiger partial charge >= 0.3 is 0 Å². The molecule has 0 aliphatic rings. The summed E-state index contributed by atoms with van der Waals surface area (Å²) in [7, 11) is 0. The number of rotatable bonds is 5. The van der Waals surface area contributed by atoms with Gasteiger partial charge < -0.3 is 5.32 Å². The Kier molecular flexibility index (Phi) is 5.08. The lowest BCUT2D eigenvalue weighted by Gasteiger charge is -2.20. The summed E-state index contributed by atoms with van der Waals surface area (Å²) in [5.41, 5.74) is 3.26. The largest absolute Gasteiger partial charge is 0.305 e. The van der Waals surface area contributed by atoms with Crippen molar-refractivity contribution >= 4 is 23.2 Å². The average Bonchev–Trinajstić information content (AvgIpc) is 2.80. The summed E-state index contributed by atoms with van der Waals surface area (Å²) in [5.74, 6) is 0. The van der Waals surface area contributed by atoms with Gasteiger partial charge in [-0.05, 0) is 44.2 Å². The smallest absolute Gasteiger partial charge is 0.0748 e. The first-order valence-electron chi connectivity index (χ1n) is 6.79. The highest BCUT2D eigenvalue weighted by molar-refractivity contribution is 6.42. The Morgan fingerprint density at radius 2 is 1.95 bits per heavy atom. The molecule has 1 aromatic heterocycles. The maximum Gasteiger partial charge on any atom is 0.0748 e. The molecule has 5 heteroatoms. The summed E-state index contributed by atoms with van der Waals surface area (Å²) < 4.78 is 2.02. The first-order chi connectivity index (χ1) is 9.56. The van der Waals surface area contributed by atoms with Crippen molar-refractivity contribution in [2.75, 3.05) is 6.54 Å². The summed E-state index contributed by atoms with van der Waals surface area (Å²) in [4.78, 5) is 0. The Morgan fingerprint density at radius 3 is 2.55 bits per heavy atom. The number of benzene rings is 1. The Morgan fingerprint density at radius 1 is 1.20 bits per heavy atom. The molecule has 20 heavy (non-hydrogen) atoms. The lowest BCUT2D eigenvalue weighted by atomic mass is 10.0. The van der Waals surface area contributed by atoms with E-state index in [1.807, 2.05) is 29.8 Å². The van der Waals surface area contributed by atoms with E-state index in [1.165, 1.54) is 0 Å². The molecule has 0 saturated heterocycles. The van der Waals surface area contributed by atoms with Gasteiger partial charge in [-0.3, -0.25) is 4.68 Å². The molecular formula is C15H19Cl2N3. The van der Waals surface area contributed by atoms with Crippen molar-refractivity contribution in [3.8, 4) is 0 Å². The van der Waals surface area contributed by atoms with Gasteiger partial charge in [0, 0.05) is 6.54 Å². The van der Waals surface area contributed by atoms with E-state index < -0.39 is 0 Å². The van der Waals surface area contributed by atoms with Crippen LogP contribution in [0, 0.1) is 6.92 Å². The molecule has 1 aromatic carbocycles. The van der Waals surface area contributed by atoms with E-state index in [2.05, 4.69) is 30.3 Å². The molecule has 0 amide bonds. The third-order valence-corrected chi connectivity index (χ3v) is 3.95. The Bertz CT molecular complexity index is 593. The van der Waals surface area contributed by atoms with Gasteiger partial charge in [0.1, 0.15) is 0 Å². The van der Waals surface area contributed by atoms with Crippen molar-refractivity contribution < 1.29 is 0 Å². The number of nitrogens with zero attached hydrogens (tertiary/aromatic N) is 2. The summed E-state index contributed by atoms with van der Waals surface area (Å²) >= 11 is 12.1. The van der Waals surface area contributed by atoms with Crippen molar-refractivity contribution in [2.24, 2.45) is 0 Å². The van der Waals surface area contributed by atoms with Crippen LogP contribution in [0.3, 0.4) is 0 Å². The van der Waals surface area contributed by atoms with Gasteiger partial charge in [-0.1, -0.05) is 36.2 Å². The molecule has 0 bridgehead atoms. The minimum atomic E-state index is 0.0657. The van der Waals surface area contributed by atoms with Crippen molar-refractivity contribution in [2.45, 2.75) is 33.4 Å². The minimum absolute atomic E-state index is 0.0657. The van der Waals surface area contributed by atoms with Crippen LogP contribution in [0.15, 0.2) is 24.3 Å². The maximum atomic E-state index is 6.14. The Labute approximate surface area is 129 Å². The predicted octanol–water partition coefficient (Wildman–Crippen LogP) is 4.22. The van der Waals surface area contributed by atoms with Crippen molar-refractivity contribution in [3.05, 3.63) is 51.3 Å². The highest BCUT2D eigenvalue weighted by atomic mass is 35.5. The molecule has 3 nitrogen and oxygen atoms in total. The van der Waals surface area contributed by atoms with E-state index in [0.717, 1.165) is 30.0 Å². The molecule has 0 fully saturated rings. The van der Waals surface area contributed by atoms with Crippen LogP contribution in [-0.4, -0.2) is 16.3 Å². The number of aryl methyl sites for hydroxylation is 2. The van der Waals surface area contributed by atoms with Gasteiger partial charge in [-0.2, -0.15) is 5.10 Å². The number of halogens is 2. The van der Waals surface area contributed by atoms with Crippen molar-refractivity contribution in [1.29, 1.82) is 0 Å². The molecular weight excluding hydrogens is 293 g/mol. The molecule has 108 valence electrons. The minimum Gasteiger partial charge on any atom is -0.305 e. The number of aromatic nitrogens is 2. The van der Waals surface area contributed by atoms with Crippen LogP contribution < -0.4 is 5.32 Å². The Balaban J connectivity index is 2.46. The lowest BCUT2D eigenvalue weighted by Crippen LogP contribution is -2.24. The van der Waals surface area contributed by atoms with Gasteiger partial charge in [0.25, 0.3) is 0 Å². The summed E-state index contributed by atoms with van der Waals surface area (Å²) in [6, 6.07) is 7.93. The topological polar surface area (TPSA) is 29.9 Å². The first-order valence-corrected chi connectivity index (χ1v) is 7.55. The zero-order chi connectivity index (χ0) is 14.7. The molecule has 0 aliphatic heterocycles. The van der Waals surface area contributed by atoms with Gasteiger partial charge in [0.05, 0.1) is 27.5 Å². The maximum absolute atomic E-state index is 6.14. The Hall–Kier alpha value is -1.03. The zero-order valence-electron chi connectivity index (χ0n) is 12.0. The van der Waals surface area contributed by atoms with Crippen LogP contribution in [0.5, 0.6) is 0 Å². The predicted molar refractivity (Wildman–Crippen MR) is 84.6 cm³/mol. The average molecular weight is 312 g/mol. The standard InChI is InChI=1S/C15H19Cl2N3/c1-4-18-15(11-6-7-12(16)13(17)9-11)14-8-10(3)19-20(14)5-2/h6-9,15,18H,4-5H2,1-3H3. The van der Waals surface area contributed by atoms with Crippen molar-refractivity contribution in [3.63, 3.8) is 0 Å². The van der Waals surface area contributed by atoms with Gasteiger partial charge in [-0.15, -0.1) is 0 Å². The van der Waals surface area contributed by atoms with Crippen LogP contribution in [0.4, 0.5) is 0 Å². The van der Waals surface area contributed by atoms with E-state index in [4.69, 9.17) is 23.2 Å². The van der Waals surface area contributed by atoms with Crippen LogP contribution >= 0.6 is 23.2 Å². The lowest BCUT2D eigenvalue weighted by molar-refractivity contribution is 0.541. The fraction of sp³-hybridized carbons (Fsp3) is 0.400.